The van der Waals surface area contributed by atoms with E-state index in [0.29, 0.717) is 0 Å². The molecule has 0 unspecified atom stereocenters. The van der Waals surface area contributed by atoms with Crippen LogP contribution >= 0.6 is 11.6 Å². The molecule has 1 aromatic carbocycles. The number of halogens is 1. The van der Waals surface area contributed by atoms with Gasteiger partial charge in [-0.3, -0.25) is 14.9 Å². The Morgan fingerprint density at radius 2 is 2.14 bits per heavy atom. The van der Waals surface area contributed by atoms with Crippen LogP contribution in [-0.2, 0) is 0 Å². The molecule has 0 radical (unpaired) electrons. The van der Waals surface area contributed by atoms with Crippen LogP contribution in [0.2, 0.25) is 5.02 Å². The Morgan fingerprint density at radius 3 is 2.71 bits per heavy atom. The zero-order valence-corrected chi connectivity index (χ0v) is 11.4. The zero-order chi connectivity index (χ0) is 15.7. The van der Waals surface area contributed by atoms with Crippen LogP contribution in [0.1, 0.15) is 16.1 Å². The molecule has 0 aliphatic rings. The first kappa shape index (κ1) is 14.7. The van der Waals surface area contributed by atoms with E-state index in [-0.39, 0.29) is 22.0 Å². The Morgan fingerprint density at radius 1 is 1.48 bits per heavy atom. The molecule has 0 amide bonds. The van der Waals surface area contributed by atoms with Crippen molar-refractivity contribution in [1.29, 1.82) is 0 Å². The van der Waals surface area contributed by atoms with Crippen LogP contribution in [0.3, 0.4) is 0 Å². The van der Waals surface area contributed by atoms with Crippen LogP contribution in [0.5, 0.6) is 0 Å². The van der Waals surface area contributed by atoms with Gasteiger partial charge >= 0.3 is 5.97 Å². The van der Waals surface area contributed by atoms with Crippen molar-refractivity contribution >= 4 is 23.3 Å². The summed E-state index contributed by atoms with van der Waals surface area (Å²) < 4.78 is 1.04. The van der Waals surface area contributed by atoms with Crippen molar-refractivity contribution < 1.29 is 14.8 Å². The molecule has 9 heteroatoms. The monoisotopic (exact) mass is 309 g/mol. The van der Waals surface area contributed by atoms with Crippen molar-refractivity contribution in [3.63, 3.8) is 0 Å². The van der Waals surface area contributed by atoms with Gasteiger partial charge in [-0.25, -0.2) is 9.48 Å². The maximum absolute atomic E-state index is 11.7. The number of carboxylic acid groups (broad SMARTS) is 1. The second-order valence-electron chi connectivity index (χ2n) is 4.13. The van der Waals surface area contributed by atoms with Crippen molar-refractivity contribution in [1.82, 2.24) is 9.78 Å². The summed E-state index contributed by atoms with van der Waals surface area (Å²) in [7, 11) is 0. The molecule has 0 aliphatic heterocycles. The SMILES string of the molecule is Cc1cn(-c2cc([N+](=O)[O-])ccc2Cl)nc(C(=O)O)c1=O. The molecular formula is C12H8ClN3O5. The minimum Gasteiger partial charge on any atom is -0.476 e. The number of nitro groups is 1. The summed E-state index contributed by atoms with van der Waals surface area (Å²) in [4.78, 5) is 32.8. The Hall–Kier alpha value is -2.74. The van der Waals surface area contributed by atoms with Gasteiger partial charge in [-0.05, 0) is 13.0 Å². The Balaban J connectivity index is 2.73. The standard InChI is InChI=1S/C12H8ClN3O5/c1-6-5-15(14-10(11(6)17)12(18)19)9-4-7(16(20)21)2-3-8(9)13/h2-5H,1H3,(H,18,19). The maximum Gasteiger partial charge on any atom is 0.360 e. The lowest BCUT2D eigenvalue weighted by Gasteiger charge is -2.09. The Labute approximate surface area is 122 Å². The van der Waals surface area contributed by atoms with E-state index >= 15 is 0 Å². The van der Waals surface area contributed by atoms with Gasteiger partial charge in [0.15, 0.2) is 0 Å². The second kappa shape index (κ2) is 5.33. The number of hydrogen-bond donors (Lipinski definition) is 1. The molecule has 0 atom stereocenters. The third-order valence-electron chi connectivity index (χ3n) is 2.69. The summed E-state index contributed by atoms with van der Waals surface area (Å²) >= 11 is 5.95. The number of nitro benzene ring substituents is 1. The predicted molar refractivity (Wildman–Crippen MR) is 73.2 cm³/mol. The normalized spacial score (nSPS) is 10.4. The molecule has 2 aromatic rings. The summed E-state index contributed by atoms with van der Waals surface area (Å²) in [6.45, 7) is 1.41. The molecule has 1 aromatic heterocycles. The molecule has 0 bridgehead atoms. The van der Waals surface area contributed by atoms with Gasteiger partial charge in [-0.1, -0.05) is 11.6 Å². The van der Waals surface area contributed by atoms with E-state index in [1.165, 1.54) is 25.3 Å². The summed E-state index contributed by atoms with van der Waals surface area (Å²) in [6, 6.07) is 3.65. The largest absolute Gasteiger partial charge is 0.476 e. The lowest BCUT2D eigenvalue weighted by atomic mass is 10.2. The Bertz CT molecular complexity index is 815. The first-order chi connectivity index (χ1) is 9.81. The number of aryl methyl sites for hydroxylation is 1. The fourth-order valence-electron chi connectivity index (χ4n) is 1.66. The number of hydrogen-bond acceptors (Lipinski definition) is 5. The third kappa shape index (κ3) is 2.75. The van der Waals surface area contributed by atoms with E-state index in [1.54, 1.807) is 0 Å². The van der Waals surface area contributed by atoms with Gasteiger partial charge in [0.05, 0.1) is 15.6 Å². The molecule has 8 nitrogen and oxygen atoms in total. The molecule has 0 aliphatic carbocycles. The van der Waals surface area contributed by atoms with Gasteiger partial charge in [0.2, 0.25) is 11.1 Å². The van der Waals surface area contributed by atoms with Gasteiger partial charge in [0, 0.05) is 23.9 Å². The average Bonchev–Trinajstić information content (AvgIpc) is 2.41. The smallest absolute Gasteiger partial charge is 0.360 e. The molecule has 0 saturated carbocycles. The molecule has 0 spiro atoms. The number of benzene rings is 1. The summed E-state index contributed by atoms with van der Waals surface area (Å²) in [5.41, 5.74) is -1.40. The highest BCUT2D eigenvalue weighted by molar-refractivity contribution is 6.32. The van der Waals surface area contributed by atoms with Gasteiger partial charge < -0.3 is 5.11 Å². The highest BCUT2D eigenvalue weighted by atomic mass is 35.5. The van der Waals surface area contributed by atoms with E-state index < -0.39 is 22.0 Å². The van der Waals surface area contributed by atoms with Crippen molar-refractivity contribution in [3.8, 4) is 5.69 Å². The number of carboxylic acids is 1. The zero-order valence-electron chi connectivity index (χ0n) is 10.6. The molecular weight excluding hydrogens is 302 g/mol. The second-order valence-corrected chi connectivity index (χ2v) is 4.54. The minimum atomic E-state index is -1.49. The van der Waals surface area contributed by atoms with Crippen LogP contribution in [0, 0.1) is 17.0 Å². The van der Waals surface area contributed by atoms with Crippen molar-refractivity contribution in [2.24, 2.45) is 0 Å². The number of carbonyl (C=O) groups is 1. The van der Waals surface area contributed by atoms with Crippen molar-refractivity contribution in [2.45, 2.75) is 6.92 Å². The van der Waals surface area contributed by atoms with E-state index in [9.17, 15) is 19.7 Å². The first-order valence-electron chi connectivity index (χ1n) is 5.59. The van der Waals surface area contributed by atoms with Crippen LogP contribution < -0.4 is 5.43 Å². The average molecular weight is 310 g/mol. The van der Waals surface area contributed by atoms with Crippen LogP contribution in [0.4, 0.5) is 5.69 Å². The lowest BCUT2D eigenvalue weighted by Crippen LogP contribution is -2.23. The van der Waals surface area contributed by atoms with E-state index in [0.717, 1.165) is 10.7 Å². The quantitative estimate of drug-likeness (QED) is 0.682. The van der Waals surface area contributed by atoms with Gasteiger partial charge in [0.1, 0.15) is 0 Å². The molecule has 108 valence electrons. The van der Waals surface area contributed by atoms with Gasteiger partial charge in [0.25, 0.3) is 5.69 Å². The third-order valence-corrected chi connectivity index (χ3v) is 3.01. The lowest BCUT2D eigenvalue weighted by molar-refractivity contribution is -0.384. The highest BCUT2D eigenvalue weighted by Crippen LogP contribution is 2.24. The molecule has 2 rings (SSSR count). The molecule has 21 heavy (non-hydrogen) atoms. The summed E-state index contributed by atoms with van der Waals surface area (Å²) in [6.07, 6.45) is 1.26. The van der Waals surface area contributed by atoms with Gasteiger partial charge in [-0.2, -0.15) is 5.10 Å². The summed E-state index contributed by atoms with van der Waals surface area (Å²) in [5.74, 6) is -1.49. The fourth-order valence-corrected chi connectivity index (χ4v) is 1.87. The predicted octanol–water partition coefficient (Wildman–Crippen LogP) is 1.80. The molecule has 0 saturated heterocycles. The van der Waals surface area contributed by atoms with E-state index in [2.05, 4.69) is 5.10 Å². The fraction of sp³-hybridized carbons (Fsp3) is 0.0833. The number of aromatic carboxylic acids is 1. The number of non-ortho nitro benzene ring substituents is 1. The number of rotatable bonds is 3. The van der Waals surface area contributed by atoms with E-state index in [4.69, 9.17) is 16.7 Å². The van der Waals surface area contributed by atoms with Crippen LogP contribution in [0.25, 0.3) is 5.69 Å². The van der Waals surface area contributed by atoms with Crippen LogP contribution in [-0.4, -0.2) is 25.8 Å². The number of aromatic nitrogens is 2. The number of nitrogens with zero attached hydrogens (tertiary/aromatic N) is 3. The van der Waals surface area contributed by atoms with Crippen LogP contribution in [0.15, 0.2) is 29.2 Å². The highest BCUT2D eigenvalue weighted by Gasteiger charge is 2.17. The molecule has 0 fully saturated rings. The summed E-state index contributed by atoms with van der Waals surface area (Å²) in [5, 5.41) is 23.5. The van der Waals surface area contributed by atoms with Gasteiger partial charge in [-0.15, -0.1) is 0 Å². The van der Waals surface area contributed by atoms with Crippen molar-refractivity contribution in [2.75, 3.05) is 0 Å². The maximum atomic E-state index is 11.7. The topological polar surface area (TPSA) is 115 Å². The van der Waals surface area contributed by atoms with Crippen molar-refractivity contribution in [3.05, 3.63) is 61.0 Å². The molecule has 1 heterocycles. The minimum absolute atomic E-state index is 0.108. The van der Waals surface area contributed by atoms with E-state index in [1.807, 2.05) is 0 Å². The Kier molecular flexibility index (Phi) is 3.72. The molecule has 1 N–H and O–H groups in total. The first-order valence-corrected chi connectivity index (χ1v) is 5.97.